The van der Waals surface area contributed by atoms with Crippen LogP contribution in [-0.2, 0) is 0 Å². The van der Waals surface area contributed by atoms with Gasteiger partial charge in [-0.2, -0.15) is 0 Å². The van der Waals surface area contributed by atoms with E-state index in [0.717, 1.165) is 0 Å². The van der Waals surface area contributed by atoms with Gasteiger partial charge in [0.15, 0.2) is 0 Å². The summed E-state index contributed by atoms with van der Waals surface area (Å²) in [6.45, 7) is 0. The molecule has 0 amide bonds. The lowest BCUT2D eigenvalue weighted by Gasteiger charge is -2.16. The normalized spacial score (nSPS) is 24.2. The number of hydrogen-bond acceptors (Lipinski definition) is 2. The maximum Gasteiger partial charge on any atom is 0.487 e. The molecule has 2 nitrogen and oxygen atoms in total. The van der Waals surface area contributed by atoms with Gasteiger partial charge >= 0.3 is 7.12 Å². The van der Waals surface area contributed by atoms with Crippen LogP contribution in [0, 0.1) is 0 Å². The topological polar surface area (TPSA) is 40.5 Å². The Morgan fingerprint density at radius 1 is 1.55 bits per heavy atom. The molecule has 0 fully saturated rings. The van der Waals surface area contributed by atoms with Crippen molar-refractivity contribution in [3.05, 3.63) is 22.7 Å². The third-order valence-electron chi connectivity index (χ3n) is 1.50. The average Bonchev–Trinajstić information content (AvgIpc) is 1.85. The van der Waals surface area contributed by atoms with E-state index < -0.39 is 12.5 Å². The largest absolute Gasteiger partial charge is 0.487 e. The molecule has 0 saturated carbocycles. The molecule has 2 N–H and O–H groups in total. The molecule has 0 bridgehead atoms. The van der Waals surface area contributed by atoms with Crippen molar-refractivity contribution in [1.82, 2.24) is 0 Å². The fourth-order valence-corrected chi connectivity index (χ4v) is 1.66. The SMILES string of the molecule is OB(O)C1=C(Cl)C=CCC1Cl. The second-order valence-corrected chi connectivity index (χ2v) is 3.22. The van der Waals surface area contributed by atoms with E-state index in [1.807, 2.05) is 0 Å². The maximum atomic E-state index is 8.81. The van der Waals surface area contributed by atoms with Crippen molar-refractivity contribution in [3.63, 3.8) is 0 Å². The summed E-state index contributed by atoms with van der Waals surface area (Å²) in [4.78, 5) is 0. The number of rotatable bonds is 1. The summed E-state index contributed by atoms with van der Waals surface area (Å²) in [7, 11) is -1.55. The highest BCUT2D eigenvalue weighted by atomic mass is 35.5. The van der Waals surface area contributed by atoms with Crippen LogP contribution in [0.1, 0.15) is 6.42 Å². The smallest absolute Gasteiger partial charge is 0.423 e. The molecule has 1 aliphatic carbocycles. The van der Waals surface area contributed by atoms with Crippen molar-refractivity contribution in [2.45, 2.75) is 11.8 Å². The van der Waals surface area contributed by atoms with E-state index in [9.17, 15) is 0 Å². The van der Waals surface area contributed by atoms with Crippen molar-refractivity contribution in [3.8, 4) is 0 Å². The first-order valence-electron chi connectivity index (χ1n) is 3.19. The number of allylic oxidation sites excluding steroid dienone is 4. The first-order valence-corrected chi connectivity index (χ1v) is 4.00. The van der Waals surface area contributed by atoms with Crippen LogP contribution in [-0.4, -0.2) is 22.5 Å². The summed E-state index contributed by atoms with van der Waals surface area (Å²) >= 11 is 11.4. The van der Waals surface area contributed by atoms with Gasteiger partial charge < -0.3 is 10.0 Å². The van der Waals surface area contributed by atoms with Gasteiger partial charge in [-0.05, 0) is 18.0 Å². The zero-order chi connectivity index (χ0) is 8.43. The monoisotopic (exact) mass is 192 g/mol. The van der Waals surface area contributed by atoms with Crippen LogP contribution in [0.15, 0.2) is 22.7 Å². The molecule has 0 heterocycles. The van der Waals surface area contributed by atoms with Crippen LogP contribution in [0.4, 0.5) is 0 Å². The number of halogens is 2. The highest BCUT2D eigenvalue weighted by molar-refractivity contribution is 6.56. The van der Waals surface area contributed by atoms with Gasteiger partial charge in [-0.25, -0.2) is 0 Å². The molecular weight excluding hydrogens is 186 g/mol. The molecule has 60 valence electrons. The molecule has 5 heteroatoms. The minimum absolute atomic E-state index is 0.288. The van der Waals surface area contributed by atoms with E-state index in [1.54, 1.807) is 12.2 Å². The van der Waals surface area contributed by atoms with Crippen LogP contribution in [0.2, 0.25) is 0 Å². The molecule has 1 rings (SSSR count). The molecular formula is C6H7BCl2O2. The predicted molar refractivity (Wildman–Crippen MR) is 46.5 cm³/mol. The minimum atomic E-state index is -1.55. The molecule has 0 spiro atoms. The lowest BCUT2D eigenvalue weighted by atomic mass is 9.74. The van der Waals surface area contributed by atoms with Gasteiger partial charge in [0.25, 0.3) is 0 Å². The van der Waals surface area contributed by atoms with Crippen molar-refractivity contribution in [2.24, 2.45) is 0 Å². The van der Waals surface area contributed by atoms with Gasteiger partial charge in [0.2, 0.25) is 0 Å². The Balaban J connectivity index is 2.91. The number of alkyl halides is 1. The first-order chi connectivity index (χ1) is 5.13. The third kappa shape index (κ3) is 2.00. The van der Waals surface area contributed by atoms with Crippen LogP contribution in [0.5, 0.6) is 0 Å². The molecule has 0 radical (unpaired) electrons. The molecule has 1 aliphatic rings. The third-order valence-corrected chi connectivity index (χ3v) is 2.26. The van der Waals surface area contributed by atoms with Crippen molar-refractivity contribution < 1.29 is 10.0 Å². The Morgan fingerprint density at radius 2 is 2.18 bits per heavy atom. The summed E-state index contributed by atoms with van der Waals surface area (Å²) in [5, 5.41) is 17.6. The molecule has 0 saturated heterocycles. The van der Waals surface area contributed by atoms with E-state index in [4.69, 9.17) is 33.2 Å². The molecule has 0 aliphatic heterocycles. The Labute approximate surface area is 75.3 Å². The molecule has 11 heavy (non-hydrogen) atoms. The Kier molecular flexibility index (Phi) is 3.02. The maximum absolute atomic E-state index is 8.81. The van der Waals surface area contributed by atoms with Crippen LogP contribution in [0.3, 0.4) is 0 Å². The van der Waals surface area contributed by atoms with E-state index in [2.05, 4.69) is 0 Å². The quantitative estimate of drug-likeness (QED) is 0.482. The van der Waals surface area contributed by atoms with Crippen LogP contribution in [0.25, 0.3) is 0 Å². The Bertz CT molecular complexity index is 213. The summed E-state index contributed by atoms with van der Waals surface area (Å²) in [6.07, 6.45) is 4.01. The van der Waals surface area contributed by atoms with Gasteiger partial charge in [0, 0.05) is 5.03 Å². The highest BCUT2D eigenvalue weighted by Crippen LogP contribution is 2.26. The van der Waals surface area contributed by atoms with Crippen LogP contribution < -0.4 is 0 Å². The highest BCUT2D eigenvalue weighted by Gasteiger charge is 2.26. The number of hydrogen-bond donors (Lipinski definition) is 2. The second-order valence-electron chi connectivity index (χ2n) is 2.28. The lowest BCUT2D eigenvalue weighted by Crippen LogP contribution is -2.24. The summed E-state index contributed by atoms with van der Waals surface area (Å²) < 4.78 is 0. The Morgan fingerprint density at radius 3 is 2.55 bits per heavy atom. The first kappa shape index (κ1) is 9.14. The molecule has 0 aromatic rings. The summed E-state index contributed by atoms with van der Waals surface area (Å²) in [5.74, 6) is 0. The van der Waals surface area contributed by atoms with Gasteiger partial charge in [-0.15, -0.1) is 11.6 Å². The molecule has 0 aromatic heterocycles. The van der Waals surface area contributed by atoms with Gasteiger partial charge in [-0.1, -0.05) is 17.7 Å². The Hall–Kier alpha value is 0.0449. The average molecular weight is 193 g/mol. The zero-order valence-corrected chi connectivity index (χ0v) is 7.18. The van der Waals surface area contributed by atoms with Crippen molar-refractivity contribution >= 4 is 30.3 Å². The fraction of sp³-hybridized carbons (Fsp3) is 0.333. The van der Waals surface area contributed by atoms with Crippen LogP contribution >= 0.6 is 23.2 Å². The predicted octanol–water partition coefficient (Wildman–Crippen LogP) is 1.06. The van der Waals surface area contributed by atoms with Gasteiger partial charge in [0.1, 0.15) is 0 Å². The van der Waals surface area contributed by atoms with Crippen molar-refractivity contribution in [2.75, 3.05) is 0 Å². The molecule has 0 aromatic carbocycles. The van der Waals surface area contributed by atoms with E-state index >= 15 is 0 Å². The van der Waals surface area contributed by atoms with Gasteiger partial charge in [-0.3, -0.25) is 0 Å². The second kappa shape index (κ2) is 3.63. The molecule has 1 unspecified atom stereocenters. The minimum Gasteiger partial charge on any atom is -0.423 e. The molecule has 1 atom stereocenters. The fourth-order valence-electron chi connectivity index (χ4n) is 0.949. The van der Waals surface area contributed by atoms with E-state index in [0.29, 0.717) is 11.5 Å². The zero-order valence-electron chi connectivity index (χ0n) is 5.67. The summed E-state index contributed by atoms with van der Waals surface area (Å²) in [6, 6.07) is 0. The standard InChI is InChI=1S/C6H7BCl2O2/c8-4-2-1-3-5(9)6(4)7(10)11/h1-2,5,10-11H,3H2. The lowest BCUT2D eigenvalue weighted by molar-refractivity contribution is 0.416. The van der Waals surface area contributed by atoms with Gasteiger partial charge in [0.05, 0.1) is 5.38 Å². The summed E-state index contributed by atoms with van der Waals surface area (Å²) in [5.41, 5.74) is 0.288. The van der Waals surface area contributed by atoms with E-state index in [-0.39, 0.29) is 5.47 Å². The van der Waals surface area contributed by atoms with Crippen molar-refractivity contribution in [1.29, 1.82) is 0 Å². The van der Waals surface area contributed by atoms with E-state index in [1.165, 1.54) is 0 Å².